The van der Waals surface area contributed by atoms with Crippen molar-refractivity contribution >= 4 is 29.9 Å². The van der Waals surface area contributed by atoms with Crippen LogP contribution in [0.4, 0.5) is 4.39 Å². The van der Waals surface area contributed by atoms with Gasteiger partial charge in [0.2, 0.25) is 5.91 Å². The van der Waals surface area contributed by atoms with Crippen molar-refractivity contribution in [3.63, 3.8) is 0 Å². The van der Waals surface area contributed by atoms with E-state index in [0.717, 1.165) is 0 Å². The monoisotopic (exact) mass is 322 g/mol. The molecular formula is C13H17Cl2FN2O2. The Kier molecular flexibility index (Phi) is 6.20. The molecule has 1 fully saturated rings. The number of nitrogens with one attached hydrogen (secondary N) is 2. The van der Waals surface area contributed by atoms with Crippen molar-refractivity contribution in [3.05, 3.63) is 34.6 Å². The standard InChI is InChI=1S/C13H16ClFN2O2.ClH/c1-7(12-9(14)3-2-4-10(12)15)17-13(19)11-5-8(18)6-16-11;/h2-4,7-8,11,16,18H,5-6H2,1H3,(H,17,19);1H. The molecule has 0 bridgehead atoms. The smallest absolute Gasteiger partial charge is 0.237 e. The van der Waals surface area contributed by atoms with Crippen LogP contribution >= 0.6 is 24.0 Å². The topological polar surface area (TPSA) is 61.4 Å². The van der Waals surface area contributed by atoms with Gasteiger partial charge in [0.05, 0.1) is 18.2 Å². The van der Waals surface area contributed by atoms with Crippen LogP contribution in [0.2, 0.25) is 5.02 Å². The van der Waals surface area contributed by atoms with Gasteiger partial charge in [0.1, 0.15) is 5.82 Å². The van der Waals surface area contributed by atoms with Crippen molar-refractivity contribution in [1.29, 1.82) is 0 Å². The largest absolute Gasteiger partial charge is 0.392 e. The molecule has 1 saturated heterocycles. The lowest BCUT2D eigenvalue weighted by molar-refractivity contribution is -0.123. The Labute approximate surface area is 128 Å². The Hall–Kier alpha value is -0.880. The highest BCUT2D eigenvalue weighted by Gasteiger charge is 2.29. The zero-order chi connectivity index (χ0) is 14.0. The van der Waals surface area contributed by atoms with Crippen LogP contribution in [0.3, 0.4) is 0 Å². The molecule has 0 aliphatic carbocycles. The Bertz CT molecular complexity index is 467. The van der Waals surface area contributed by atoms with E-state index in [-0.39, 0.29) is 28.9 Å². The number of hydrogen-bond donors (Lipinski definition) is 3. The van der Waals surface area contributed by atoms with E-state index < -0.39 is 24.0 Å². The van der Waals surface area contributed by atoms with Gasteiger partial charge >= 0.3 is 0 Å². The van der Waals surface area contributed by atoms with E-state index >= 15 is 0 Å². The average molecular weight is 323 g/mol. The zero-order valence-electron chi connectivity index (χ0n) is 10.9. The number of β-amino-alcohol motifs (C(OH)–C–C–N with tert-alkyl or cyclic N) is 1. The van der Waals surface area contributed by atoms with Crippen molar-refractivity contribution in [2.24, 2.45) is 0 Å². The number of carbonyl (C=O) groups is 1. The first-order valence-corrected chi connectivity index (χ1v) is 6.52. The molecule has 0 spiro atoms. The molecule has 3 N–H and O–H groups in total. The van der Waals surface area contributed by atoms with Crippen molar-refractivity contribution < 1.29 is 14.3 Å². The maximum absolute atomic E-state index is 13.7. The molecule has 3 atom stereocenters. The third-order valence-electron chi connectivity index (χ3n) is 3.22. The lowest BCUT2D eigenvalue weighted by Gasteiger charge is -2.19. The molecule has 3 unspecified atom stereocenters. The SMILES string of the molecule is CC(NC(=O)C1CC(O)CN1)c1c(F)cccc1Cl.Cl. The van der Waals surface area contributed by atoms with E-state index in [1.165, 1.54) is 12.1 Å². The molecule has 1 heterocycles. The number of benzene rings is 1. The number of amides is 1. The first-order valence-electron chi connectivity index (χ1n) is 6.14. The fourth-order valence-electron chi connectivity index (χ4n) is 2.23. The highest BCUT2D eigenvalue weighted by Crippen LogP contribution is 2.25. The summed E-state index contributed by atoms with van der Waals surface area (Å²) < 4.78 is 13.7. The van der Waals surface area contributed by atoms with E-state index in [1.807, 2.05) is 0 Å². The van der Waals surface area contributed by atoms with Crippen molar-refractivity contribution in [3.8, 4) is 0 Å². The van der Waals surface area contributed by atoms with Gasteiger partial charge < -0.3 is 15.7 Å². The summed E-state index contributed by atoms with van der Waals surface area (Å²) in [5.74, 6) is -0.705. The fourth-order valence-corrected chi connectivity index (χ4v) is 2.55. The van der Waals surface area contributed by atoms with E-state index in [0.29, 0.717) is 13.0 Å². The van der Waals surface area contributed by atoms with Gasteiger partial charge in [0, 0.05) is 17.1 Å². The minimum atomic E-state index is -0.527. The molecule has 4 nitrogen and oxygen atoms in total. The number of aliphatic hydroxyl groups excluding tert-OH is 1. The van der Waals surface area contributed by atoms with Crippen molar-refractivity contribution in [1.82, 2.24) is 10.6 Å². The minimum Gasteiger partial charge on any atom is -0.392 e. The molecule has 0 aromatic heterocycles. The van der Waals surface area contributed by atoms with Crippen LogP contribution in [-0.4, -0.2) is 29.7 Å². The quantitative estimate of drug-likeness (QED) is 0.795. The van der Waals surface area contributed by atoms with E-state index in [4.69, 9.17) is 11.6 Å². The summed E-state index contributed by atoms with van der Waals surface area (Å²) in [6.45, 7) is 2.07. The van der Waals surface area contributed by atoms with Gasteiger partial charge in [-0.05, 0) is 25.5 Å². The molecule has 112 valence electrons. The van der Waals surface area contributed by atoms with Crippen LogP contribution in [0.1, 0.15) is 24.9 Å². The average Bonchev–Trinajstić information content (AvgIpc) is 2.75. The summed E-state index contributed by atoms with van der Waals surface area (Å²) in [5.41, 5.74) is 0.274. The van der Waals surface area contributed by atoms with Gasteiger partial charge in [-0.15, -0.1) is 12.4 Å². The third kappa shape index (κ3) is 3.82. The summed E-state index contributed by atoms with van der Waals surface area (Å²) in [6, 6.07) is 3.44. The number of aliphatic hydroxyl groups is 1. The second kappa shape index (κ2) is 7.22. The molecule has 1 amide bonds. The van der Waals surface area contributed by atoms with Crippen LogP contribution in [-0.2, 0) is 4.79 Å². The lowest BCUT2D eigenvalue weighted by atomic mass is 10.1. The van der Waals surface area contributed by atoms with E-state index in [2.05, 4.69) is 10.6 Å². The van der Waals surface area contributed by atoms with Crippen LogP contribution in [0.15, 0.2) is 18.2 Å². The van der Waals surface area contributed by atoms with Gasteiger partial charge in [-0.1, -0.05) is 17.7 Å². The lowest BCUT2D eigenvalue weighted by Crippen LogP contribution is -2.41. The fraction of sp³-hybridized carbons (Fsp3) is 0.462. The maximum Gasteiger partial charge on any atom is 0.237 e. The molecule has 0 radical (unpaired) electrons. The van der Waals surface area contributed by atoms with Crippen molar-refractivity contribution in [2.45, 2.75) is 31.5 Å². The molecule has 1 aliphatic heterocycles. The first kappa shape index (κ1) is 17.2. The number of rotatable bonds is 3. The summed E-state index contributed by atoms with van der Waals surface area (Å²) in [4.78, 5) is 11.9. The van der Waals surface area contributed by atoms with Crippen LogP contribution in [0, 0.1) is 5.82 Å². The molecule has 1 aromatic carbocycles. The van der Waals surface area contributed by atoms with Gasteiger partial charge in [-0.25, -0.2) is 4.39 Å². The number of halogens is 3. The molecule has 7 heteroatoms. The highest BCUT2D eigenvalue weighted by atomic mass is 35.5. The van der Waals surface area contributed by atoms with E-state index in [9.17, 15) is 14.3 Å². The van der Waals surface area contributed by atoms with Crippen LogP contribution < -0.4 is 10.6 Å². The normalized spacial score (nSPS) is 23.0. The second-order valence-electron chi connectivity index (χ2n) is 4.72. The molecule has 1 aromatic rings. The predicted molar refractivity (Wildman–Crippen MR) is 77.6 cm³/mol. The second-order valence-corrected chi connectivity index (χ2v) is 5.12. The van der Waals surface area contributed by atoms with Crippen LogP contribution in [0.25, 0.3) is 0 Å². The molecule has 20 heavy (non-hydrogen) atoms. The minimum absolute atomic E-state index is 0. The molecule has 0 saturated carbocycles. The molecule has 2 rings (SSSR count). The van der Waals surface area contributed by atoms with Gasteiger partial charge in [-0.2, -0.15) is 0 Å². The van der Waals surface area contributed by atoms with Gasteiger partial charge in [-0.3, -0.25) is 4.79 Å². The van der Waals surface area contributed by atoms with Crippen LogP contribution in [0.5, 0.6) is 0 Å². The molecule has 1 aliphatic rings. The third-order valence-corrected chi connectivity index (χ3v) is 3.55. The van der Waals surface area contributed by atoms with Crippen molar-refractivity contribution in [2.75, 3.05) is 6.54 Å². The van der Waals surface area contributed by atoms with Gasteiger partial charge in [0.15, 0.2) is 0 Å². The number of hydrogen-bond acceptors (Lipinski definition) is 3. The summed E-state index contributed by atoms with van der Waals surface area (Å²) in [6.07, 6.45) is -0.146. The summed E-state index contributed by atoms with van der Waals surface area (Å²) >= 11 is 5.94. The van der Waals surface area contributed by atoms with Gasteiger partial charge in [0.25, 0.3) is 0 Å². The highest BCUT2D eigenvalue weighted by molar-refractivity contribution is 6.31. The Morgan fingerprint density at radius 2 is 2.30 bits per heavy atom. The summed E-state index contributed by atoms with van der Waals surface area (Å²) in [7, 11) is 0. The maximum atomic E-state index is 13.7. The molecular weight excluding hydrogens is 306 g/mol. The predicted octanol–water partition coefficient (Wildman–Crippen LogP) is 1.80. The summed E-state index contributed by atoms with van der Waals surface area (Å²) in [5, 5.41) is 15.3. The Morgan fingerprint density at radius 1 is 1.60 bits per heavy atom. The van der Waals surface area contributed by atoms with E-state index in [1.54, 1.807) is 13.0 Å². The Morgan fingerprint density at radius 3 is 2.85 bits per heavy atom. The zero-order valence-corrected chi connectivity index (χ0v) is 12.5. The Balaban J connectivity index is 0.00000200. The number of carbonyl (C=O) groups excluding carboxylic acids is 1. The first-order chi connectivity index (χ1) is 8.99.